The van der Waals surface area contributed by atoms with Gasteiger partial charge in [0.25, 0.3) is 5.91 Å². The molecule has 0 fully saturated rings. The Kier molecular flexibility index (Phi) is 6.42. The molecule has 7 heteroatoms. The van der Waals surface area contributed by atoms with Gasteiger partial charge in [-0.1, -0.05) is 18.2 Å². The monoisotopic (exact) mass is 308 g/mol. The molecule has 6 nitrogen and oxygen atoms in total. The van der Waals surface area contributed by atoms with E-state index in [1.165, 1.54) is 20.2 Å². The van der Waals surface area contributed by atoms with Crippen molar-refractivity contribution in [1.29, 1.82) is 0 Å². The molecule has 0 bridgehead atoms. The minimum absolute atomic E-state index is 0.201. The van der Waals surface area contributed by atoms with Crippen molar-refractivity contribution in [1.82, 2.24) is 10.3 Å². The van der Waals surface area contributed by atoms with Crippen molar-refractivity contribution < 1.29 is 9.53 Å². The molecule has 1 aromatic heterocycles. The van der Waals surface area contributed by atoms with Crippen LogP contribution in [0.4, 0.5) is 5.82 Å². The molecule has 2 N–H and O–H groups in total. The number of halogens is 1. The van der Waals surface area contributed by atoms with Crippen molar-refractivity contribution in [3.63, 3.8) is 0 Å². The van der Waals surface area contributed by atoms with E-state index in [-0.39, 0.29) is 16.7 Å². The number of rotatable bonds is 6. The van der Waals surface area contributed by atoms with Gasteiger partial charge < -0.3 is 15.4 Å². The van der Waals surface area contributed by atoms with Gasteiger partial charge in [0.1, 0.15) is 5.17 Å². The number of hydrogen-bond donors (Lipinski definition) is 2. The fraction of sp³-hybridized carbons (Fsp3) is 0.214. The first kappa shape index (κ1) is 16.7. The molecule has 1 rings (SSSR count). The lowest BCUT2D eigenvalue weighted by molar-refractivity contribution is -0.116. The largest absolute Gasteiger partial charge is 0.493 e. The summed E-state index contributed by atoms with van der Waals surface area (Å²) in [6, 6.07) is 3.48. The Labute approximate surface area is 128 Å². The van der Waals surface area contributed by atoms with Gasteiger partial charge in [0.15, 0.2) is 11.6 Å². The average Bonchev–Trinajstić information content (AvgIpc) is 2.52. The zero-order valence-electron chi connectivity index (χ0n) is 12.1. The van der Waals surface area contributed by atoms with Crippen LogP contribution in [0.3, 0.4) is 0 Å². The summed E-state index contributed by atoms with van der Waals surface area (Å²) in [6.07, 6.45) is 3.09. The number of carbonyl (C=O) groups excluding carboxylic acids is 1. The van der Waals surface area contributed by atoms with Gasteiger partial charge >= 0.3 is 0 Å². The van der Waals surface area contributed by atoms with E-state index in [0.717, 1.165) is 0 Å². The molecule has 0 spiro atoms. The molecule has 0 aliphatic heterocycles. The van der Waals surface area contributed by atoms with Crippen molar-refractivity contribution in [3.05, 3.63) is 42.3 Å². The molecule has 1 heterocycles. The molecule has 0 aliphatic carbocycles. The zero-order chi connectivity index (χ0) is 15.8. The Morgan fingerprint density at radius 3 is 2.86 bits per heavy atom. The normalized spacial score (nSPS) is 11.8. The highest BCUT2D eigenvalue weighted by atomic mass is 35.5. The minimum Gasteiger partial charge on any atom is -0.493 e. The maximum atomic E-state index is 11.7. The number of allylic oxidation sites excluding steroid dienone is 1. The Balaban J connectivity index is 3.17. The number of nitrogens with one attached hydrogen (secondary N) is 2. The number of aliphatic imine (C=N–C) groups is 1. The third-order valence-electron chi connectivity index (χ3n) is 2.55. The van der Waals surface area contributed by atoms with Gasteiger partial charge in [0.05, 0.1) is 18.4 Å². The summed E-state index contributed by atoms with van der Waals surface area (Å²) in [7, 11) is 4.59. The summed E-state index contributed by atoms with van der Waals surface area (Å²) in [4.78, 5) is 19.7. The number of anilines is 1. The Morgan fingerprint density at radius 1 is 1.57 bits per heavy atom. The number of ether oxygens (including phenoxy) is 1. The van der Waals surface area contributed by atoms with Gasteiger partial charge in [-0.05, 0) is 18.2 Å². The molecule has 1 amide bonds. The highest BCUT2D eigenvalue weighted by Crippen LogP contribution is 2.23. The fourth-order valence-corrected chi connectivity index (χ4v) is 1.54. The van der Waals surface area contributed by atoms with Crippen LogP contribution in [-0.2, 0) is 4.79 Å². The molecule has 112 valence electrons. The third kappa shape index (κ3) is 4.61. The summed E-state index contributed by atoms with van der Waals surface area (Å²) in [5, 5.41) is 5.69. The first-order valence-electron chi connectivity index (χ1n) is 6.04. The summed E-state index contributed by atoms with van der Waals surface area (Å²) in [5.41, 5.74) is 0.578. The molecular formula is C14H17ClN4O2. The van der Waals surface area contributed by atoms with Crippen LogP contribution in [-0.4, -0.2) is 37.3 Å². The first-order valence-corrected chi connectivity index (χ1v) is 6.42. The highest BCUT2D eigenvalue weighted by Gasteiger charge is 2.14. The van der Waals surface area contributed by atoms with Crippen LogP contribution in [0, 0.1) is 0 Å². The van der Waals surface area contributed by atoms with Crippen molar-refractivity contribution in [2.75, 3.05) is 26.5 Å². The second kappa shape index (κ2) is 8.06. The number of hydrogen-bond acceptors (Lipinski definition) is 5. The molecule has 0 aromatic carbocycles. The van der Waals surface area contributed by atoms with E-state index in [4.69, 9.17) is 16.3 Å². The van der Waals surface area contributed by atoms with E-state index in [2.05, 4.69) is 27.2 Å². The van der Waals surface area contributed by atoms with E-state index in [9.17, 15) is 4.79 Å². The maximum absolute atomic E-state index is 11.7. The molecule has 1 aromatic rings. The van der Waals surface area contributed by atoms with Crippen molar-refractivity contribution in [2.24, 2.45) is 4.99 Å². The number of methoxy groups -OCH3 is 1. The van der Waals surface area contributed by atoms with Crippen LogP contribution in [0.5, 0.6) is 5.75 Å². The second-order valence-electron chi connectivity index (χ2n) is 3.84. The standard InChI is InChI=1S/C14H17ClN4O2/c1-9(14(20)17-3)10(8-12(15)16-2)19-13-11(21-4)6-5-7-18-13/h5-8H,1H2,2-4H3,(H,17,20)(H,18,19)/b10-8+,16-12+. The van der Waals surface area contributed by atoms with Crippen LogP contribution in [0.15, 0.2) is 47.2 Å². The van der Waals surface area contributed by atoms with Gasteiger partial charge in [-0.25, -0.2) is 4.98 Å². The number of aromatic nitrogens is 1. The summed E-state index contributed by atoms with van der Waals surface area (Å²) < 4.78 is 5.20. The van der Waals surface area contributed by atoms with E-state index < -0.39 is 0 Å². The Bertz CT molecular complexity index is 596. The fourth-order valence-electron chi connectivity index (χ4n) is 1.43. The smallest absolute Gasteiger partial charge is 0.252 e. The van der Waals surface area contributed by atoms with Gasteiger partial charge in [-0.15, -0.1) is 0 Å². The third-order valence-corrected chi connectivity index (χ3v) is 2.83. The van der Waals surface area contributed by atoms with E-state index >= 15 is 0 Å². The Hall–Kier alpha value is -2.34. The molecule has 0 unspecified atom stereocenters. The molecule has 0 saturated carbocycles. The van der Waals surface area contributed by atoms with Gasteiger partial charge in [-0.2, -0.15) is 0 Å². The first-order chi connectivity index (χ1) is 10.0. The van der Waals surface area contributed by atoms with Gasteiger partial charge in [0, 0.05) is 20.3 Å². The molecule has 0 atom stereocenters. The lowest BCUT2D eigenvalue weighted by Crippen LogP contribution is -2.23. The van der Waals surface area contributed by atoms with Gasteiger partial charge in [0.2, 0.25) is 0 Å². The van der Waals surface area contributed by atoms with Gasteiger partial charge in [-0.3, -0.25) is 9.79 Å². The molecule has 0 radical (unpaired) electrons. The van der Waals surface area contributed by atoms with Crippen molar-refractivity contribution >= 4 is 28.5 Å². The molecule has 0 saturated heterocycles. The van der Waals surface area contributed by atoms with Crippen LogP contribution < -0.4 is 15.4 Å². The summed E-state index contributed by atoms with van der Waals surface area (Å²) >= 11 is 5.90. The zero-order valence-corrected chi connectivity index (χ0v) is 12.9. The number of amides is 1. The second-order valence-corrected chi connectivity index (χ2v) is 4.23. The maximum Gasteiger partial charge on any atom is 0.252 e. The molecular weight excluding hydrogens is 292 g/mol. The predicted molar refractivity (Wildman–Crippen MR) is 84.9 cm³/mol. The average molecular weight is 309 g/mol. The van der Waals surface area contributed by atoms with E-state index in [1.54, 1.807) is 25.4 Å². The number of likely N-dealkylation sites (N-methyl/N-ethyl adjacent to an activating group) is 1. The lowest BCUT2D eigenvalue weighted by Gasteiger charge is -2.14. The van der Waals surface area contributed by atoms with Crippen LogP contribution in [0.25, 0.3) is 0 Å². The quantitative estimate of drug-likeness (QED) is 0.478. The Morgan fingerprint density at radius 2 is 2.29 bits per heavy atom. The lowest BCUT2D eigenvalue weighted by atomic mass is 10.2. The van der Waals surface area contributed by atoms with Crippen molar-refractivity contribution in [2.45, 2.75) is 0 Å². The summed E-state index contributed by atoms with van der Waals surface area (Å²) in [6.45, 7) is 3.74. The topological polar surface area (TPSA) is 75.6 Å². The SMILES string of the molecule is C=C(C(=O)NC)/C(=C\C(Cl)=N/C)Nc1ncccc1OC. The van der Waals surface area contributed by atoms with E-state index in [0.29, 0.717) is 17.3 Å². The minimum atomic E-state index is -0.343. The molecule has 0 aliphatic rings. The molecule has 21 heavy (non-hydrogen) atoms. The number of nitrogens with zero attached hydrogens (tertiary/aromatic N) is 2. The van der Waals surface area contributed by atoms with Crippen LogP contribution >= 0.6 is 11.6 Å². The summed E-state index contributed by atoms with van der Waals surface area (Å²) in [5.74, 6) is 0.624. The number of carbonyl (C=O) groups is 1. The van der Waals surface area contributed by atoms with Crippen molar-refractivity contribution in [3.8, 4) is 5.75 Å². The number of pyridine rings is 1. The highest BCUT2D eigenvalue weighted by molar-refractivity contribution is 6.68. The van der Waals surface area contributed by atoms with E-state index in [1.807, 2.05) is 0 Å². The predicted octanol–water partition coefficient (Wildman–Crippen LogP) is 1.96. The van der Waals surface area contributed by atoms with Crippen LogP contribution in [0.2, 0.25) is 0 Å². The van der Waals surface area contributed by atoms with Crippen LogP contribution in [0.1, 0.15) is 0 Å².